The van der Waals surface area contributed by atoms with Crippen molar-refractivity contribution in [2.24, 2.45) is 5.73 Å². The lowest BCUT2D eigenvalue weighted by molar-refractivity contribution is -0.154. The van der Waals surface area contributed by atoms with Crippen LogP contribution < -0.4 is 15.8 Å². The second-order valence-corrected chi connectivity index (χ2v) is 4.96. The highest BCUT2D eigenvalue weighted by Crippen LogP contribution is 2.18. The van der Waals surface area contributed by atoms with E-state index in [9.17, 15) is 9.59 Å². The predicted molar refractivity (Wildman–Crippen MR) is 81.6 cm³/mol. The van der Waals surface area contributed by atoms with Crippen LogP contribution in [0.1, 0.15) is 6.42 Å². The van der Waals surface area contributed by atoms with Crippen LogP contribution in [0.15, 0.2) is 24.3 Å². The maximum atomic E-state index is 12.1. The summed E-state index contributed by atoms with van der Waals surface area (Å²) in [4.78, 5) is 25.8. The normalized spacial score (nSPS) is 18.2. The summed E-state index contributed by atoms with van der Waals surface area (Å²) in [5, 5.41) is 2.74. The van der Waals surface area contributed by atoms with Crippen LogP contribution in [-0.4, -0.2) is 56.2 Å². The Balaban J connectivity index is 1.92. The molecule has 1 saturated heterocycles. The van der Waals surface area contributed by atoms with Crippen LogP contribution >= 0.6 is 0 Å². The third kappa shape index (κ3) is 4.19. The minimum Gasteiger partial charge on any atom is -0.497 e. The molecule has 1 aliphatic heterocycles. The monoisotopic (exact) mass is 307 g/mol. The topological polar surface area (TPSA) is 93.9 Å². The fourth-order valence-electron chi connectivity index (χ4n) is 2.30. The number of ether oxygens (including phenoxy) is 2. The standard InChI is InChI=1S/C15H21N3O4/c1-21-12-4-2-3-11(9-12)17-14(19)10-13-15(20)18(6-5-16)7-8-22-13/h2-4,9,13H,5-8,10,16H2,1H3,(H,17,19). The molecule has 1 heterocycles. The first-order valence-electron chi connectivity index (χ1n) is 7.18. The quantitative estimate of drug-likeness (QED) is 0.783. The van der Waals surface area contributed by atoms with Crippen LogP contribution in [0.3, 0.4) is 0 Å². The molecule has 0 aliphatic carbocycles. The number of rotatable bonds is 6. The number of carbonyl (C=O) groups excluding carboxylic acids is 2. The molecule has 0 spiro atoms. The molecule has 22 heavy (non-hydrogen) atoms. The zero-order valence-corrected chi connectivity index (χ0v) is 12.6. The van der Waals surface area contributed by atoms with E-state index >= 15 is 0 Å². The van der Waals surface area contributed by atoms with Gasteiger partial charge in [-0.25, -0.2) is 0 Å². The van der Waals surface area contributed by atoms with Gasteiger partial charge in [-0.2, -0.15) is 0 Å². The van der Waals surface area contributed by atoms with Crippen LogP contribution in [0.5, 0.6) is 5.75 Å². The van der Waals surface area contributed by atoms with E-state index in [1.165, 1.54) is 0 Å². The van der Waals surface area contributed by atoms with Crippen molar-refractivity contribution in [2.75, 3.05) is 38.7 Å². The van der Waals surface area contributed by atoms with Crippen molar-refractivity contribution in [3.8, 4) is 5.75 Å². The zero-order chi connectivity index (χ0) is 15.9. The Bertz CT molecular complexity index is 533. The number of nitrogens with two attached hydrogens (primary N) is 1. The molecular weight excluding hydrogens is 286 g/mol. The van der Waals surface area contributed by atoms with E-state index in [-0.39, 0.29) is 18.2 Å². The number of hydrogen-bond donors (Lipinski definition) is 2. The molecule has 120 valence electrons. The summed E-state index contributed by atoms with van der Waals surface area (Å²) in [7, 11) is 1.56. The molecular formula is C15H21N3O4. The fourth-order valence-corrected chi connectivity index (χ4v) is 2.30. The van der Waals surface area contributed by atoms with Crippen molar-refractivity contribution in [1.82, 2.24) is 4.90 Å². The van der Waals surface area contributed by atoms with Crippen molar-refractivity contribution >= 4 is 17.5 Å². The number of methoxy groups -OCH3 is 1. The van der Waals surface area contributed by atoms with Gasteiger partial charge in [-0.05, 0) is 12.1 Å². The molecule has 1 atom stereocenters. The summed E-state index contributed by atoms with van der Waals surface area (Å²) >= 11 is 0. The lowest BCUT2D eigenvalue weighted by atomic mass is 10.1. The molecule has 2 rings (SSSR count). The number of amides is 2. The average molecular weight is 307 g/mol. The lowest BCUT2D eigenvalue weighted by Crippen LogP contribution is -2.50. The van der Waals surface area contributed by atoms with E-state index in [0.29, 0.717) is 37.7 Å². The maximum Gasteiger partial charge on any atom is 0.252 e. The van der Waals surface area contributed by atoms with Gasteiger partial charge in [-0.15, -0.1) is 0 Å². The van der Waals surface area contributed by atoms with E-state index in [4.69, 9.17) is 15.2 Å². The van der Waals surface area contributed by atoms with Crippen molar-refractivity contribution < 1.29 is 19.1 Å². The molecule has 1 aromatic rings. The first-order chi connectivity index (χ1) is 10.6. The van der Waals surface area contributed by atoms with E-state index in [1.807, 2.05) is 0 Å². The van der Waals surface area contributed by atoms with Gasteiger partial charge in [-0.3, -0.25) is 9.59 Å². The van der Waals surface area contributed by atoms with Crippen molar-refractivity contribution in [1.29, 1.82) is 0 Å². The van der Waals surface area contributed by atoms with Crippen LogP contribution in [0.2, 0.25) is 0 Å². The average Bonchev–Trinajstić information content (AvgIpc) is 2.51. The Morgan fingerprint density at radius 2 is 2.36 bits per heavy atom. The second kappa shape index (κ2) is 7.77. The molecule has 1 unspecified atom stereocenters. The minimum absolute atomic E-state index is 0.0168. The number of anilines is 1. The van der Waals surface area contributed by atoms with Gasteiger partial charge in [-0.1, -0.05) is 6.07 Å². The fraction of sp³-hybridized carbons (Fsp3) is 0.467. The molecule has 1 fully saturated rings. The largest absolute Gasteiger partial charge is 0.497 e. The molecule has 7 heteroatoms. The smallest absolute Gasteiger partial charge is 0.252 e. The maximum absolute atomic E-state index is 12.1. The van der Waals surface area contributed by atoms with Crippen molar-refractivity contribution in [2.45, 2.75) is 12.5 Å². The van der Waals surface area contributed by atoms with Crippen LogP contribution in [0, 0.1) is 0 Å². The van der Waals surface area contributed by atoms with Gasteiger partial charge in [0.1, 0.15) is 11.9 Å². The molecule has 1 aromatic carbocycles. The molecule has 2 amide bonds. The molecule has 0 aromatic heterocycles. The molecule has 7 nitrogen and oxygen atoms in total. The molecule has 3 N–H and O–H groups in total. The summed E-state index contributed by atoms with van der Waals surface area (Å²) in [6.07, 6.45) is -0.761. The Hall–Kier alpha value is -2.12. The minimum atomic E-state index is -0.745. The van der Waals surface area contributed by atoms with Gasteiger partial charge < -0.3 is 25.4 Å². The summed E-state index contributed by atoms with van der Waals surface area (Å²) in [5.41, 5.74) is 6.09. The number of nitrogens with zero attached hydrogens (tertiary/aromatic N) is 1. The van der Waals surface area contributed by atoms with Gasteiger partial charge in [0, 0.05) is 31.4 Å². The summed E-state index contributed by atoms with van der Waals surface area (Å²) in [6.45, 7) is 1.82. The van der Waals surface area contributed by atoms with Crippen LogP contribution in [-0.2, 0) is 14.3 Å². The van der Waals surface area contributed by atoms with E-state index in [0.717, 1.165) is 0 Å². The van der Waals surface area contributed by atoms with Gasteiger partial charge in [0.2, 0.25) is 5.91 Å². The van der Waals surface area contributed by atoms with Crippen LogP contribution in [0.25, 0.3) is 0 Å². The summed E-state index contributed by atoms with van der Waals surface area (Å²) in [6, 6.07) is 7.03. The summed E-state index contributed by atoms with van der Waals surface area (Å²) < 4.78 is 10.5. The molecule has 1 aliphatic rings. The zero-order valence-electron chi connectivity index (χ0n) is 12.6. The molecule has 0 saturated carbocycles. The van der Waals surface area contributed by atoms with Crippen molar-refractivity contribution in [3.63, 3.8) is 0 Å². The highest BCUT2D eigenvalue weighted by molar-refractivity contribution is 5.95. The number of morpholine rings is 1. The predicted octanol–water partition coefficient (Wildman–Crippen LogP) is 0.210. The Morgan fingerprint density at radius 3 is 3.09 bits per heavy atom. The van der Waals surface area contributed by atoms with E-state index in [2.05, 4.69) is 5.32 Å². The number of carbonyl (C=O) groups is 2. The molecule has 0 radical (unpaired) electrons. The van der Waals surface area contributed by atoms with E-state index in [1.54, 1.807) is 36.3 Å². The van der Waals surface area contributed by atoms with Gasteiger partial charge in [0.05, 0.1) is 20.1 Å². The van der Waals surface area contributed by atoms with E-state index < -0.39 is 6.10 Å². The highest BCUT2D eigenvalue weighted by atomic mass is 16.5. The Kier molecular flexibility index (Phi) is 5.74. The first-order valence-corrected chi connectivity index (χ1v) is 7.18. The van der Waals surface area contributed by atoms with Crippen molar-refractivity contribution in [3.05, 3.63) is 24.3 Å². The van der Waals surface area contributed by atoms with Gasteiger partial charge in [0.25, 0.3) is 5.91 Å². The van der Waals surface area contributed by atoms with Crippen LogP contribution in [0.4, 0.5) is 5.69 Å². The second-order valence-electron chi connectivity index (χ2n) is 4.96. The molecule has 0 bridgehead atoms. The third-order valence-electron chi connectivity index (χ3n) is 3.39. The number of benzene rings is 1. The number of hydrogen-bond acceptors (Lipinski definition) is 5. The summed E-state index contributed by atoms with van der Waals surface area (Å²) in [5.74, 6) is 0.190. The van der Waals surface area contributed by atoms with Gasteiger partial charge >= 0.3 is 0 Å². The SMILES string of the molecule is COc1cccc(NC(=O)CC2OCCN(CCN)C2=O)c1. The lowest BCUT2D eigenvalue weighted by Gasteiger charge is -2.31. The Morgan fingerprint density at radius 1 is 1.55 bits per heavy atom. The third-order valence-corrected chi connectivity index (χ3v) is 3.39. The van der Waals surface area contributed by atoms with Gasteiger partial charge in [0.15, 0.2) is 0 Å². The highest BCUT2D eigenvalue weighted by Gasteiger charge is 2.30. The first kappa shape index (κ1) is 16.3. The number of nitrogens with one attached hydrogen (secondary N) is 1. The Labute approximate surface area is 129 Å².